The van der Waals surface area contributed by atoms with Gasteiger partial charge in [-0.25, -0.2) is 4.79 Å². The fourth-order valence-corrected chi connectivity index (χ4v) is 2.18. The molecule has 1 atom stereocenters. The van der Waals surface area contributed by atoms with Gasteiger partial charge in [0, 0.05) is 31.6 Å². The van der Waals surface area contributed by atoms with Crippen LogP contribution >= 0.6 is 0 Å². The molecule has 104 valence electrons. The van der Waals surface area contributed by atoms with Crippen LogP contribution in [0.3, 0.4) is 0 Å². The smallest absolute Gasteiger partial charge is 0.321 e. The number of ether oxygens (including phenoxy) is 1. The molecule has 0 radical (unpaired) electrons. The van der Waals surface area contributed by atoms with Crippen molar-refractivity contribution in [2.24, 2.45) is 0 Å². The molecule has 1 aliphatic heterocycles. The maximum absolute atomic E-state index is 12.0. The summed E-state index contributed by atoms with van der Waals surface area (Å²) in [6, 6.07) is 7.02. The minimum atomic E-state index is -0.139. The van der Waals surface area contributed by atoms with Gasteiger partial charge in [-0.2, -0.15) is 0 Å². The molecule has 5 nitrogen and oxygen atoms in total. The molecule has 0 aromatic heterocycles. The van der Waals surface area contributed by atoms with Gasteiger partial charge in [0.2, 0.25) is 0 Å². The standard InChI is InChI=1S/C14H21N3O2/c1-17(10-13-7-2-3-8-19-13)14(18)16-12-6-4-5-11(15)9-12/h4-6,9,13H,2-3,7-8,10,15H2,1H3,(H,16,18). The Morgan fingerprint density at radius 1 is 1.53 bits per heavy atom. The van der Waals surface area contributed by atoms with Crippen LogP contribution in [0.5, 0.6) is 0 Å². The first-order valence-corrected chi connectivity index (χ1v) is 6.64. The number of nitrogens with zero attached hydrogens (tertiary/aromatic N) is 1. The Bertz CT molecular complexity index is 430. The minimum Gasteiger partial charge on any atom is -0.399 e. The zero-order valence-corrected chi connectivity index (χ0v) is 11.3. The van der Waals surface area contributed by atoms with Crippen molar-refractivity contribution in [1.29, 1.82) is 0 Å². The summed E-state index contributed by atoms with van der Waals surface area (Å²) in [4.78, 5) is 13.7. The molecule has 1 unspecified atom stereocenters. The van der Waals surface area contributed by atoms with Gasteiger partial charge in [0.25, 0.3) is 0 Å². The van der Waals surface area contributed by atoms with Crippen molar-refractivity contribution >= 4 is 17.4 Å². The summed E-state index contributed by atoms with van der Waals surface area (Å²) in [5.41, 5.74) is 7.02. The third-order valence-electron chi connectivity index (χ3n) is 3.24. The van der Waals surface area contributed by atoms with E-state index >= 15 is 0 Å². The second kappa shape index (κ2) is 6.43. The highest BCUT2D eigenvalue weighted by Gasteiger charge is 2.18. The SMILES string of the molecule is CN(CC1CCCCO1)C(=O)Nc1cccc(N)c1. The molecule has 0 saturated carbocycles. The van der Waals surface area contributed by atoms with Crippen molar-refractivity contribution in [3.05, 3.63) is 24.3 Å². The first-order chi connectivity index (χ1) is 9.15. The molecule has 0 spiro atoms. The molecule has 0 bridgehead atoms. The van der Waals surface area contributed by atoms with Gasteiger partial charge >= 0.3 is 6.03 Å². The van der Waals surface area contributed by atoms with Crippen LogP contribution in [0.15, 0.2) is 24.3 Å². The van der Waals surface area contributed by atoms with Crippen molar-refractivity contribution in [3.8, 4) is 0 Å². The molecule has 0 aliphatic carbocycles. The Morgan fingerprint density at radius 3 is 3.05 bits per heavy atom. The van der Waals surface area contributed by atoms with Gasteiger partial charge < -0.3 is 20.7 Å². The van der Waals surface area contributed by atoms with E-state index in [1.54, 1.807) is 24.1 Å². The molecule has 1 aromatic carbocycles. The zero-order valence-electron chi connectivity index (χ0n) is 11.3. The van der Waals surface area contributed by atoms with Crippen LogP contribution in [0.2, 0.25) is 0 Å². The van der Waals surface area contributed by atoms with E-state index in [1.165, 1.54) is 6.42 Å². The number of hydrogen-bond acceptors (Lipinski definition) is 3. The van der Waals surface area contributed by atoms with Gasteiger partial charge in [0.05, 0.1) is 6.10 Å². The molecule has 1 heterocycles. The maximum Gasteiger partial charge on any atom is 0.321 e. The molecule has 2 rings (SSSR count). The predicted molar refractivity (Wildman–Crippen MR) is 76.1 cm³/mol. The van der Waals surface area contributed by atoms with Gasteiger partial charge in [-0.3, -0.25) is 0 Å². The van der Waals surface area contributed by atoms with E-state index < -0.39 is 0 Å². The van der Waals surface area contributed by atoms with E-state index in [4.69, 9.17) is 10.5 Å². The minimum absolute atomic E-state index is 0.139. The summed E-state index contributed by atoms with van der Waals surface area (Å²) in [7, 11) is 1.78. The summed E-state index contributed by atoms with van der Waals surface area (Å²) in [5.74, 6) is 0. The number of amides is 2. The number of hydrogen-bond donors (Lipinski definition) is 2. The van der Waals surface area contributed by atoms with Crippen molar-refractivity contribution in [2.75, 3.05) is 31.2 Å². The number of likely N-dealkylation sites (N-methyl/N-ethyl adjacent to an activating group) is 1. The highest BCUT2D eigenvalue weighted by atomic mass is 16.5. The van der Waals surface area contributed by atoms with Crippen molar-refractivity contribution < 1.29 is 9.53 Å². The second-order valence-corrected chi connectivity index (χ2v) is 4.92. The van der Waals surface area contributed by atoms with Crippen LogP contribution in [0.4, 0.5) is 16.2 Å². The van der Waals surface area contributed by atoms with Gasteiger partial charge in [-0.1, -0.05) is 6.07 Å². The summed E-state index contributed by atoms with van der Waals surface area (Å²) in [5, 5.41) is 2.82. The van der Waals surface area contributed by atoms with Crippen LogP contribution in [0, 0.1) is 0 Å². The summed E-state index contributed by atoms with van der Waals surface area (Å²) in [6.45, 7) is 1.42. The van der Waals surface area contributed by atoms with E-state index in [-0.39, 0.29) is 12.1 Å². The van der Waals surface area contributed by atoms with Gasteiger partial charge in [0.15, 0.2) is 0 Å². The molecule has 19 heavy (non-hydrogen) atoms. The molecule has 1 aliphatic rings. The number of benzene rings is 1. The van der Waals surface area contributed by atoms with E-state index in [0.717, 1.165) is 19.4 Å². The average molecular weight is 263 g/mol. The average Bonchev–Trinajstić information content (AvgIpc) is 2.40. The molecular weight excluding hydrogens is 242 g/mol. The maximum atomic E-state index is 12.0. The highest BCUT2D eigenvalue weighted by Crippen LogP contribution is 2.15. The Kier molecular flexibility index (Phi) is 4.63. The number of rotatable bonds is 3. The molecule has 2 amide bonds. The quantitative estimate of drug-likeness (QED) is 0.822. The Balaban J connectivity index is 1.84. The number of nitrogens with two attached hydrogens (primary N) is 1. The van der Waals surface area contributed by atoms with E-state index in [9.17, 15) is 4.79 Å². The number of nitrogen functional groups attached to an aromatic ring is 1. The van der Waals surface area contributed by atoms with Crippen LogP contribution in [0.25, 0.3) is 0 Å². The summed E-state index contributed by atoms with van der Waals surface area (Å²) >= 11 is 0. The normalized spacial score (nSPS) is 18.9. The van der Waals surface area contributed by atoms with E-state index in [1.807, 2.05) is 12.1 Å². The van der Waals surface area contributed by atoms with Crippen LogP contribution < -0.4 is 11.1 Å². The third kappa shape index (κ3) is 4.13. The van der Waals surface area contributed by atoms with Gasteiger partial charge in [-0.15, -0.1) is 0 Å². The molecule has 5 heteroatoms. The number of carbonyl (C=O) groups is 1. The van der Waals surface area contributed by atoms with Crippen LogP contribution in [0.1, 0.15) is 19.3 Å². The first kappa shape index (κ1) is 13.7. The lowest BCUT2D eigenvalue weighted by molar-refractivity contribution is 0.00463. The van der Waals surface area contributed by atoms with Gasteiger partial charge in [-0.05, 0) is 37.5 Å². The summed E-state index contributed by atoms with van der Waals surface area (Å²) < 4.78 is 5.63. The lowest BCUT2D eigenvalue weighted by atomic mass is 10.1. The monoisotopic (exact) mass is 263 g/mol. The molecular formula is C14H21N3O2. The first-order valence-electron chi connectivity index (χ1n) is 6.64. The number of anilines is 2. The Hall–Kier alpha value is -1.75. The highest BCUT2D eigenvalue weighted by molar-refractivity contribution is 5.89. The molecule has 1 fully saturated rings. The predicted octanol–water partition coefficient (Wildman–Crippen LogP) is 2.30. The topological polar surface area (TPSA) is 67.6 Å². The summed E-state index contributed by atoms with van der Waals surface area (Å²) in [6.07, 6.45) is 3.48. The van der Waals surface area contributed by atoms with E-state index in [0.29, 0.717) is 17.9 Å². The zero-order chi connectivity index (χ0) is 13.7. The second-order valence-electron chi connectivity index (χ2n) is 4.92. The Morgan fingerprint density at radius 2 is 2.37 bits per heavy atom. The van der Waals surface area contributed by atoms with Crippen LogP contribution in [-0.4, -0.2) is 37.2 Å². The largest absolute Gasteiger partial charge is 0.399 e. The molecule has 1 aromatic rings. The number of carbonyl (C=O) groups excluding carboxylic acids is 1. The van der Waals surface area contributed by atoms with E-state index in [2.05, 4.69) is 5.32 Å². The van der Waals surface area contributed by atoms with Crippen molar-refractivity contribution in [2.45, 2.75) is 25.4 Å². The van der Waals surface area contributed by atoms with Crippen LogP contribution in [-0.2, 0) is 4.74 Å². The van der Waals surface area contributed by atoms with Crippen molar-refractivity contribution in [1.82, 2.24) is 4.90 Å². The van der Waals surface area contributed by atoms with Crippen molar-refractivity contribution in [3.63, 3.8) is 0 Å². The fraction of sp³-hybridized carbons (Fsp3) is 0.500. The molecule has 3 N–H and O–H groups in total. The Labute approximate surface area is 113 Å². The lowest BCUT2D eigenvalue weighted by Gasteiger charge is -2.27. The number of urea groups is 1. The van der Waals surface area contributed by atoms with Gasteiger partial charge in [0.1, 0.15) is 0 Å². The number of nitrogens with one attached hydrogen (secondary N) is 1. The fourth-order valence-electron chi connectivity index (χ4n) is 2.18. The molecule has 1 saturated heterocycles. The lowest BCUT2D eigenvalue weighted by Crippen LogP contribution is -2.39. The third-order valence-corrected chi connectivity index (χ3v) is 3.24.